The van der Waals surface area contributed by atoms with Crippen molar-refractivity contribution in [1.29, 1.82) is 0 Å². The molecule has 0 aromatic carbocycles. The number of nitrogens with one attached hydrogen (secondary N) is 3. The van der Waals surface area contributed by atoms with E-state index in [4.69, 9.17) is 4.74 Å². The van der Waals surface area contributed by atoms with E-state index in [1.807, 2.05) is 0 Å². The van der Waals surface area contributed by atoms with Crippen LogP contribution in [0.4, 0.5) is 5.00 Å². The van der Waals surface area contributed by atoms with Crippen molar-refractivity contribution in [3.8, 4) is 0 Å². The molecule has 2 aromatic heterocycles. The molecule has 4 rings (SSSR count). The van der Waals surface area contributed by atoms with E-state index >= 15 is 0 Å². The lowest BCUT2D eigenvalue weighted by Crippen LogP contribution is -2.29. The van der Waals surface area contributed by atoms with Crippen molar-refractivity contribution in [2.24, 2.45) is 5.92 Å². The Balaban J connectivity index is 1.35. The minimum atomic E-state index is -0.151. The summed E-state index contributed by atoms with van der Waals surface area (Å²) in [6.45, 7) is 0.896. The molecule has 2 heterocycles. The van der Waals surface area contributed by atoms with Crippen LogP contribution in [0.1, 0.15) is 65.1 Å². The number of fused-ring (bicyclic) bond motifs is 1. The molecule has 10 heteroatoms. The maximum Gasteiger partial charge on any atom is 0.254 e. The summed E-state index contributed by atoms with van der Waals surface area (Å²) in [6, 6.07) is 0. The van der Waals surface area contributed by atoms with Gasteiger partial charge in [-0.2, -0.15) is 0 Å². The molecule has 0 aliphatic heterocycles. The predicted octanol–water partition coefficient (Wildman–Crippen LogP) is 3.58. The van der Waals surface area contributed by atoms with Crippen molar-refractivity contribution in [3.63, 3.8) is 0 Å². The zero-order valence-electron chi connectivity index (χ0n) is 18.5. The fourth-order valence-corrected chi connectivity index (χ4v) is 6.38. The highest BCUT2D eigenvalue weighted by atomic mass is 32.2. The second-order valence-corrected chi connectivity index (χ2v) is 10.5. The number of thioether (sulfide) groups is 1. The highest BCUT2D eigenvalue weighted by molar-refractivity contribution is 7.99. The van der Waals surface area contributed by atoms with Crippen molar-refractivity contribution in [3.05, 3.63) is 21.8 Å². The van der Waals surface area contributed by atoms with Crippen molar-refractivity contribution in [2.75, 3.05) is 31.3 Å². The summed E-state index contributed by atoms with van der Waals surface area (Å²) in [7, 11) is 1.60. The normalized spacial score (nSPS) is 16.2. The van der Waals surface area contributed by atoms with Gasteiger partial charge in [-0.25, -0.2) is 4.98 Å². The van der Waals surface area contributed by atoms with E-state index in [1.165, 1.54) is 53.7 Å². The van der Waals surface area contributed by atoms with Gasteiger partial charge in [0.25, 0.3) is 5.91 Å². The summed E-state index contributed by atoms with van der Waals surface area (Å²) in [5.74, 6) is 1.51. The van der Waals surface area contributed by atoms with Crippen LogP contribution in [0, 0.1) is 5.92 Å². The average Bonchev–Trinajstić information content (AvgIpc) is 3.53. The largest absolute Gasteiger partial charge is 0.383 e. The molecule has 1 fully saturated rings. The number of hydrogen-bond acceptors (Lipinski definition) is 7. The number of thiophene rings is 1. The number of carbonyl (C=O) groups excluding carboxylic acids is 2. The molecule has 2 aromatic rings. The van der Waals surface area contributed by atoms with Crippen LogP contribution in [-0.2, 0) is 28.8 Å². The molecule has 8 nitrogen and oxygen atoms in total. The Bertz CT molecular complexity index is 936. The number of aromatic nitrogens is 3. The Morgan fingerprint density at radius 2 is 2.03 bits per heavy atom. The van der Waals surface area contributed by atoms with E-state index in [-0.39, 0.29) is 17.6 Å². The van der Waals surface area contributed by atoms with Crippen LogP contribution in [-0.4, -0.2) is 53.0 Å². The summed E-state index contributed by atoms with van der Waals surface area (Å²) >= 11 is 2.85. The summed E-state index contributed by atoms with van der Waals surface area (Å²) in [5, 5.41) is 14.4. The quantitative estimate of drug-likeness (QED) is 0.356. The van der Waals surface area contributed by atoms with Crippen LogP contribution in [0.15, 0.2) is 5.16 Å². The molecule has 32 heavy (non-hydrogen) atoms. The van der Waals surface area contributed by atoms with E-state index in [2.05, 4.69) is 25.8 Å². The van der Waals surface area contributed by atoms with Gasteiger partial charge in [0.1, 0.15) is 10.8 Å². The van der Waals surface area contributed by atoms with Crippen LogP contribution in [0.2, 0.25) is 0 Å². The van der Waals surface area contributed by atoms with E-state index in [0.717, 1.165) is 43.5 Å². The molecule has 2 aliphatic rings. The van der Waals surface area contributed by atoms with Gasteiger partial charge in [0.2, 0.25) is 11.1 Å². The zero-order valence-corrected chi connectivity index (χ0v) is 20.1. The number of amides is 2. The van der Waals surface area contributed by atoms with Gasteiger partial charge < -0.3 is 15.4 Å². The highest BCUT2D eigenvalue weighted by Crippen LogP contribution is 2.38. The molecule has 0 unspecified atom stereocenters. The summed E-state index contributed by atoms with van der Waals surface area (Å²) < 4.78 is 5.03. The van der Waals surface area contributed by atoms with E-state index in [1.54, 1.807) is 7.11 Å². The monoisotopic (exact) mass is 477 g/mol. The molecule has 1 saturated carbocycles. The molecule has 0 bridgehead atoms. The van der Waals surface area contributed by atoms with Gasteiger partial charge in [0.05, 0.1) is 17.9 Å². The first kappa shape index (κ1) is 23.3. The van der Waals surface area contributed by atoms with Crippen LogP contribution < -0.4 is 10.6 Å². The Morgan fingerprint density at radius 3 is 2.84 bits per heavy atom. The third-order valence-electron chi connectivity index (χ3n) is 6.04. The maximum absolute atomic E-state index is 12.8. The maximum atomic E-state index is 12.8. The number of nitrogens with zero attached hydrogens (tertiary/aromatic N) is 2. The summed E-state index contributed by atoms with van der Waals surface area (Å²) in [5.41, 5.74) is 1.71. The smallest absolute Gasteiger partial charge is 0.254 e. The van der Waals surface area contributed by atoms with Crippen molar-refractivity contribution >= 4 is 39.9 Å². The highest BCUT2D eigenvalue weighted by Gasteiger charge is 2.26. The first-order chi connectivity index (χ1) is 15.6. The van der Waals surface area contributed by atoms with Crippen LogP contribution >= 0.6 is 23.1 Å². The second kappa shape index (κ2) is 11.3. The Morgan fingerprint density at radius 1 is 1.22 bits per heavy atom. The molecule has 3 N–H and O–H groups in total. The SMILES string of the molecule is COCCNC(=O)c1c(NC(=O)CSc2n[nH]c(CC3CCCC3)n2)sc2c1CCCC2. The lowest BCUT2D eigenvalue weighted by molar-refractivity contribution is -0.113. The van der Waals surface area contributed by atoms with Crippen molar-refractivity contribution in [1.82, 2.24) is 20.5 Å². The first-order valence-electron chi connectivity index (χ1n) is 11.4. The fourth-order valence-electron chi connectivity index (χ4n) is 4.46. The van der Waals surface area contributed by atoms with Gasteiger partial charge in [0.15, 0.2) is 0 Å². The van der Waals surface area contributed by atoms with Gasteiger partial charge in [0, 0.05) is 25.0 Å². The summed E-state index contributed by atoms with van der Waals surface area (Å²) in [4.78, 5) is 31.3. The number of aromatic amines is 1. The number of anilines is 1. The molecule has 0 spiro atoms. The number of carbonyl (C=O) groups is 2. The number of H-pyrrole nitrogens is 1. The molecular weight excluding hydrogens is 446 g/mol. The molecule has 0 radical (unpaired) electrons. The molecular formula is C22H31N5O3S2. The van der Waals surface area contributed by atoms with Gasteiger partial charge in [-0.05, 0) is 37.2 Å². The van der Waals surface area contributed by atoms with E-state index in [9.17, 15) is 9.59 Å². The standard InChI is InChI=1S/C22H31N5O3S2/c1-30-11-10-23-20(29)19-15-8-4-5-9-16(15)32-21(19)25-18(28)13-31-22-24-17(26-27-22)12-14-6-2-3-7-14/h14H,2-13H2,1H3,(H,23,29)(H,25,28)(H,24,26,27). The average molecular weight is 478 g/mol. The zero-order chi connectivity index (χ0) is 22.3. The fraction of sp³-hybridized carbons (Fsp3) is 0.636. The Labute approximate surface area is 196 Å². The predicted molar refractivity (Wildman–Crippen MR) is 127 cm³/mol. The lowest BCUT2D eigenvalue weighted by atomic mass is 9.95. The van der Waals surface area contributed by atoms with Crippen LogP contribution in [0.25, 0.3) is 0 Å². The first-order valence-corrected chi connectivity index (χ1v) is 13.2. The van der Waals surface area contributed by atoms with Gasteiger partial charge in [-0.3, -0.25) is 14.7 Å². The van der Waals surface area contributed by atoms with Crippen molar-refractivity contribution < 1.29 is 14.3 Å². The lowest BCUT2D eigenvalue weighted by Gasteiger charge is -2.13. The molecule has 2 aliphatic carbocycles. The van der Waals surface area contributed by atoms with Gasteiger partial charge in [-0.1, -0.05) is 37.4 Å². The van der Waals surface area contributed by atoms with Gasteiger partial charge in [-0.15, -0.1) is 16.4 Å². The molecule has 174 valence electrons. The molecule has 2 amide bonds. The van der Waals surface area contributed by atoms with Gasteiger partial charge >= 0.3 is 0 Å². The van der Waals surface area contributed by atoms with E-state index in [0.29, 0.717) is 34.8 Å². The Hall–Kier alpha value is -1.91. The number of methoxy groups -OCH3 is 1. The second-order valence-electron chi connectivity index (χ2n) is 8.42. The summed E-state index contributed by atoms with van der Waals surface area (Å²) in [6.07, 6.45) is 10.1. The topological polar surface area (TPSA) is 109 Å². The van der Waals surface area contributed by atoms with Crippen molar-refractivity contribution in [2.45, 2.75) is 62.9 Å². The molecule has 0 atom stereocenters. The van der Waals surface area contributed by atoms with Crippen LogP contribution in [0.3, 0.4) is 0 Å². The minimum absolute atomic E-state index is 0.144. The minimum Gasteiger partial charge on any atom is -0.383 e. The third kappa shape index (κ3) is 5.90. The number of rotatable bonds is 10. The third-order valence-corrected chi connectivity index (χ3v) is 8.10. The number of ether oxygens (including phenoxy) is 1. The van der Waals surface area contributed by atoms with E-state index < -0.39 is 0 Å². The Kier molecular flexibility index (Phi) is 8.20. The number of aryl methyl sites for hydroxylation is 1. The number of hydrogen-bond donors (Lipinski definition) is 3. The van der Waals surface area contributed by atoms with Crippen LogP contribution in [0.5, 0.6) is 0 Å². The molecule has 0 saturated heterocycles.